The molecule has 0 spiro atoms. The number of hydrogen-bond acceptors (Lipinski definition) is 2. The normalized spacial score (nSPS) is 22.2. The summed E-state index contributed by atoms with van der Waals surface area (Å²) in [5, 5.41) is 11.1. The summed E-state index contributed by atoms with van der Waals surface area (Å²) in [7, 11) is 0. The third-order valence-electron chi connectivity index (χ3n) is 3.22. The highest BCUT2D eigenvalue weighted by Gasteiger charge is 2.49. The molecule has 1 unspecified atom stereocenters. The molecule has 0 aromatic rings. The smallest absolute Gasteiger partial charge is 0.317 e. The van der Waals surface area contributed by atoms with Crippen LogP contribution in [0.5, 0.6) is 0 Å². The van der Waals surface area contributed by atoms with Gasteiger partial charge in [-0.05, 0) is 5.92 Å². The molecule has 1 rings (SSSR count). The standard InChI is InChI=1S/C12H22N2O3/c1-8(2)10-12(3,4)7-14(10)11(17)13-6-5-9(15)16/h8,10H,5-7H2,1-4H3,(H,13,17)(H,15,16). The molecular formula is C12H22N2O3. The quantitative estimate of drug-likeness (QED) is 0.785. The van der Waals surface area contributed by atoms with E-state index in [4.69, 9.17) is 5.11 Å². The van der Waals surface area contributed by atoms with Gasteiger partial charge in [-0.15, -0.1) is 0 Å². The van der Waals surface area contributed by atoms with Crippen LogP contribution in [-0.2, 0) is 4.79 Å². The second-order valence-corrected chi connectivity index (χ2v) is 5.68. The molecule has 0 radical (unpaired) electrons. The van der Waals surface area contributed by atoms with Crippen LogP contribution in [0.2, 0.25) is 0 Å². The fraction of sp³-hybridized carbons (Fsp3) is 0.833. The summed E-state index contributed by atoms with van der Waals surface area (Å²) in [6, 6.07) is 0.0802. The van der Waals surface area contributed by atoms with Crippen molar-refractivity contribution < 1.29 is 14.7 Å². The minimum absolute atomic E-state index is 0.0324. The Labute approximate surface area is 102 Å². The minimum Gasteiger partial charge on any atom is -0.481 e. The van der Waals surface area contributed by atoms with Gasteiger partial charge >= 0.3 is 12.0 Å². The largest absolute Gasteiger partial charge is 0.481 e. The first kappa shape index (κ1) is 13.8. The van der Waals surface area contributed by atoms with Gasteiger partial charge in [0.1, 0.15) is 0 Å². The highest BCUT2D eigenvalue weighted by Crippen LogP contribution is 2.40. The van der Waals surface area contributed by atoms with Gasteiger partial charge in [0, 0.05) is 24.5 Å². The molecule has 2 amide bonds. The predicted octanol–water partition coefficient (Wildman–Crippen LogP) is 1.54. The van der Waals surface area contributed by atoms with E-state index in [1.807, 2.05) is 0 Å². The van der Waals surface area contributed by atoms with E-state index in [1.54, 1.807) is 4.90 Å². The number of rotatable bonds is 4. The molecule has 0 aromatic carbocycles. The van der Waals surface area contributed by atoms with Gasteiger partial charge in [0.25, 0.3) is 0 Å². The first-order valence-electron chi connectivity index (χ1n) is 6.02. The third-order valence-corrected chi connectivity index (χ3v) is 3.22. The topological polar surface area (TPSA) is 69.6 Å². The zero-order valence-corrected chi connectivity index (χ0v) is 11.0. The van der Waals surface area contributed by atoms with Crippen molar-refractivity contribution in [2.45, 2.75) is 40.2 Å². The minimum atomic E-state index is -0.894. The van der Waals surface area contributed by atoms with Gasteiger partial charge in [-0.25, -0.2) is 4.79 Å². The van der Waals surface area contributed by atoms with Crippen molar-refractivity contribution in [1.29, 1.82) is 0 Å². The Balaban J connectivity index is 2.46. The monoisotopic (exact) mass is 242 g/mol. The highest BCUT2D eigenvalue weighted by atomic mass is 16.4. The second kappa shape index (κ2) is 4.94. The lowest BCUT2D eigenvalue weighted by molar-refractivity contribution is -0.136. The van der Waals surface area contributed by atoms with Gasteiger partial charge in [-0.3, -0.25) is 4.79 Å². The molecule has 1 heterocycles. The highest BCUT2D eigenvalue weighted by molar-refractivity contribution is 5.76. The lowest BCUT2D eigenvalue weighted by Crippen LogP contribution is -2.67. The van der Waals surface area contributed by atoms with E-state index < -0.39 is 5.97 Å². The van der Waals surface area contributed by atoms with E-state index in [-0.39, 0.29) is 30.5 Å². The van der Waals surface area contributed by atoms with E-state index in [9.17, 15) is 9.59 Å². The summed E-state index contributed by atoms with van der Waals surface area (Å²) in [4.78, 5) is 24.0. The Morgan fingerprint density at radius 3 is 2.47 bits per heavy atom. The van der Waals surface area contributed by atoms with Crippen LogP contribution in [0.4, 0.5) is 4.79 Å². The number of carboxylic acids is 1. The van der Waals surface area contributed by atoms with Crippen molar-refractivity contribution in [1.82, 2.24) is 10.2 Å². The summed E-state index contributed by atoms with van der Waals surface area (Å²) in [5.74, 6) is -0.487. The Hall–Kier alpha value is -1.26. The van der Waals surface area contributed by atoms with Gasteiger partial charge in [0.2, 0.25) is 0 Å². The van der Waals surface area contributed by atoms with Crippen molar-refractivity contribution in [3.63, 3.8) is 0 Å². The predicted molar refractivity (Wildman–Crippen MR) is 64.8 cm³/mol. The Bertz CT molecular complexity index is 313. The maximum atomic E-state index is 11.8. The van der Waals surface area contributed by atoms with E-state index >= 15 is 0 Å². The fourth-order valence-electron chi connectivity index (χ4n) is 2.78. The number of carboxylic acid groups (broad SMARTS) is 1. The summed E-state index contributed by atoms with van der Waals surface area (Å²) >= 11 is 0. The fourth-order valence-corrected chi connectivity index (χ4v) is 2.78. The number of aliphatic carboxylic acids is 1. The van der Waals surface area contributed by atoms with Crippen molar-refractivity contribution in [2.75, 3.05) is 13.1 Å². The van der Waals surface area contributed by atoms with Crippen molar-refractivity contribution >= 4 is 12.0 Å². The van der Waals surface area contributed by atoms with Gasteiger partial charge in [-0.1, -0.05) is 27.7 Å². The molecular weight excluding hydrogens is 220 g/mol. The van der Waals surface area contributed by atoms with E-state index in [2.05, 4.69) is 33.0 Å². The molecule has 1 atom stereocenters. The summed E-state index contributed by atoms with van der Waals surface area (Å²) in [5.41, 5.74) is 0.151. The van der Waals surface area contributed by atoms with Crippen LogP contribution in [0, 0.1) is 11.3 Å². The van der Waals surface area contributed by atoms with Crippen LogP contribution in [0.1, 0.15) is 34.1 Å². The average Bonchev–Trinajstić information content (AvgIpc) is 2.12. The first-order valence-corrected chi connectivity index (χ1v) is 6.02. The molecule has 1 aliphatic rings. The van der Waals surface area contributed by atoms with Gasteiger partial charge in [-0.2, -0.15) is 0 Å². The zero-order valence-electron chi connectivity index (χ0n) is 11.0. The SMILES string of the molecule is CC(C)C1N(C(=O)NCCC(=O)O)CC1(C)C. The molecule has 5 heteroatoms. The molecule has 1 saturated heterocycles. The van der Waals surface area contributed by atoms with Gasteiger partial charge in [0.15, 0.2) is 0 Å². The lowest BCUT2D eigenvalue weighted by atomic mass is 9.70. The molecule has 17 heavy (non-hydrogen) atoms. The van der Waals surface area contributed by atoms with Gasteiger partial charge < -0.3 is 15.3 Å². The first-order chi connectivity index (χ1) is 7.75. The third kappa shape index (κ3) is 3.11. The molecule has 0 saturated carbocycles. The second-order valence-electron chi connectivity index (χ2n) is 5.68. The van der Waals surface area contributed by atoms with Gasteiger partial charge in [0.05, 0.1) is 6.42 Å². The Morgan fingerprint density at radius 2 is 2.06 bits per heavy atom. The maximum Gasteiger partial charge on any atom is 0.317 e. The van der Waals surface area contributed by atoms with Crippen LogP contribution in [0.15, 0.2) is 0 Å². The van der Waals surface area contributed by atoms with Crippen LogP contribution >= 0.6 is 0 Å². The summed E-state index contributed by atoms with van der Waals surface area (Å²) in [6.07, 6.45) is -0.0324. The van der Waals surface area contributed by atoms with E-state index in [1.165, 1.54) is 0 Å². The number of likely N-dealkylation sites (tertiary alicyclic amines) is 1. The van der Waals surface area contributed by atoms with E-state index in [0.29, 0.717) is 5.92 Å². The summed E-state index contributed by atoms with van der Waals surface area (Å²) < 4.78 is 0. The maximum absolute atomic E-state index is 11.8. The Morgan fingerprint density at radius 1 is 1.47 bits per heavy atom. The number of amides is 2. The number of carbonyl (C=O) groups excluding carboxylic acids is 1. The van der Waals surface area contributed by atoms with Crippen LogP contribution in [0.3, 0.4) is 0 Å². The van der Waals surface area contributed by atoms with Crippen LogP contribution < -0.4 is 5.32 Å². The molecule has 1 fully saturated rings. The zero-order chi connectivity index (χ0) is 13.2. The van der Waals surface area contributed by atoms with E-state index in [0.717, 1.165) is 6.54 Å². The van der Waals surface area contributed by atoms with Crippen LogP contribution in [-0.4, -0.2) is 41.1 Å². The lowest BCUT2D eigenvalue weighted by Gasteiger charge is -2.56. The summed E-state index contributed by atoms with van der Waals surface area (Å²) in [6.45, 7) is 9.42. The molecule has 5 nitrogen and oxygen atoms in total. The molecule has 0 aromatic heterocycles. The number of carbonyl (C=O) groups is 2. The molecule has 98 valence electrons. The number of hydrogen-bond donors (Lipinski definition) is 2. The van der Waals surface area contributed by atoms with Crippen molar-refractivity contribution in [3.05, 3.63) is 0 Å². The van der Waals surface area contributed by atoms with Crippen molar-refractivity contribution in [3.8, 4) is 0 Å². The van der Waals surface area contributed by atoms with Crippen LogP contribution in [0.25, 0.3) is 0 Å². The number of nitrogens with one attached hydrogen (secondary N) is 1. The average molecular weight is 242 g/mol. The number of nitrogens with zero attached hydrogens (tertiary/aromatic N) is 1. The number of urea groups is 1. The molecule has 0 aliphatic carbocycles. The molecule has 1 aliphatic heterocycles. The molecule has 2 N–H and O–H groups in total. The van der Waals surface area contributed by atoms with Crippen molar-refractivity contribution in [2.24, 2.45) is 11.3 Å². The Kier molecular flexibility index (Phi) is 4.01. The molecule has 0 bridgehead atoms.